The van der Waals surface area contributed by atoms with Crippen LogP contribution in [0, 0.1) is 0 Å². The molecule has 0 N–H and O–H groups in total. The molecule has 0 amide bonds. The average Bonchev–Trinajstić information content (AvgIpc) is 2.19. The summed E-state index contributed by atoms with van der Waals surface area (Å²) in [5.74, 6) is 0. The second kappa shape index (κ2) is 5.60. The van der Waals surface area contributed by atoms with Crippen molar-refractivity contribution in [3.8, 4) is 11.1 Å². The molecule has 0 aliphatic heterocycles. The first-order valence-corrected chi connectivity index (χ1v) is 4.06. The Morgan fingerprint density at radius 2 is 1.21 bits per heavy atom. The van der Waals surface area contributed by atoms with Crippen molar-refractivity contribution >= 4 is 12.2 Å². The fraction of sp³-hybridized carbons (Fsp3) is 0.200. The molecule has 4 heteroatoms. The summed E-state index contributed by atoms with van der Waals surface area (Å²) in [7, 11) is 0. The van der Waals surface area contributed by atoms with E-state index >= 15 is 0 Å². The van der Waals surface area contributed by atoms with E-state index in [0.717, 1.165) is 0 Å². The van der Waals surface area contributed by atoms with Crippen LogP contribution >= 0.6 is 0 Å². The molecule has 2 rings (SSSR count). The predicted molar refractivity (Wildman–Crippen MR) is 51.4 cm³/mol. The molecule has 0 aromatic heterocycles. The maximum Gasteiger partial charge on any atom is 0.235 e. The largest absolute Gasteiger partial charge is 0.235 e. The molecule has 0 unspecified atom stereocenters. The minimum absolute atomic E-state index is 0.221. The third kappa shape index (κ3) is 2.79. The number of hydrogen-bond donors (Lipinski definition) is 0. The second-order valence-electron chi connectivity index (χ2n) is 2.52. The van der Waals surface area contributed by atoms with Crippen LogP contribution < -0.4 is 0 Å². The van der Waals surface area contributed by atoms with Crippen LogP contribution in [0.1, 0.15) is 0 Å². The molecule has 14 heavy (non-hydrogen) atoms. The number of isocyanates is 2. The zero-order valence-corrected chi connectivity index (χ0v) is 7.43. The SMILES string of the molecule is O=C=NCCN=C=O.c1cc2ccc1-2. The van der Waals surface area contributed by atoms with Crippen molar-refractivity contribution in [1.82, 2.24) is 0 Å². The van der Waals surface area contributed by atoms with Crippen LogP contribution in [0.15, 0.2) is 34.3 Å². The molecular weight excluding hydrogens is 180 g/mol. The summed E-state index contributed by atoms with van der Waals surface area (Å²) in [6.07, 6.45) is 2.62. The highest BCUT2D eigenvalue weighted by molar-refractivity contribution is 5.75. The molecule has 4 nitrogen and oxygen atoms in total. The average molecular weight is 188 g/mol. The van der Waals surface area contributed by atoms with E-state index in [1.807, 2.05) is 0 Å². The Kier molecular flexibility index (Phi) is 4.02. The fourth-order valence-corrected chi connectivity index (χ4v) is 0.854. The van der Waals surface area contributed by atoms with Crippen molar-refractivity contribution in [3.05, 3.63) is 24.3 Å². The van der Waals surface area contributed by atoms with Crippen LogP contribution in [-0.4, -0.2) is 25.2 Å². The van der Waals surface area contributed by atoms with Crippen molar-refractivity contribution in [2.75, 3.05) is 13.1 Å². The molecular formula is C10H8N2O2. The summed E-state index contributed by atoms with van der Waals surface area (Å²) < 4.78 is 0. The normalized spacial score (nSPS) is 8.57. The highest BCUT2D eigenvalue weighted by Gasteiger charge is 2.03. The summed E-state index contributed by atoms with van der Waals surface area (Å²) >= 11 is 0. The molecule has 0 heterocycles. The topological polar surface area (TPSA) is 58.9 Å². The van der Waals surface area contributed by atoms with Gasteiger partial charge in [0.1, 0.15) is 0 Å². The number of rotatable bonds is 3. The molecule has 0 spiro atoms. The molecule has 0 fully saturated rings. The molecule has 0 atom stereocenters. The first kappa shape index (κ1) is 10.1. The van der Waals surface area contributed by atoms with Gasteiger partial charge in [0.2, 0.25) is 12.2 Å². The number of benzene rings is 1. The van der Waals surface area contributed by atoms with E-state index in [4.69, 9.17) is 0 Å². The molecule has 0 aromatic carbocycles. The number of nitrogens with zero attached hydrogens (tertiary/aromatic N) is 2. The van der Waals surface area contributed by atoms with Gasteiger partial charge in [0.25, 0.3) is 0 Å². The van der Waals surface area contributed by atoms with Gasteiger partial charge in [0.05, 0.1) is 13.1 Å². The van der Waals surface area contributed by atoms with Gasteiger partial charge in [-0.1, -0.05) is 24.3 Å². The summed E-state index contributed by atoms with van der Waals surface area (Å²) in [6, 6.07) is 8.48. The van der Waals surface area contributed by atoms with Crippen LogP contribution in [0.5, 0.6) is 0 Å². The van der Waals surface area contributed by atoms with Crippen LogP contribution in [-0.2, 0) is 9.59 Å². The van der Waals surface area contributed by atoms with Gasteiger partial charge >= 0.3 is 0 Å². The van der Waals surface area contributed by atoms with E-state index in [1.165, 1.54) is 23.3 Å². The summed E-state index contributed by atoms with van der Waals surface area (Å²) in [4.78, 5) is 24.9. The summed E-state index contributed by atoms with van der Waals surface area (Å²) in [6.45, 7) is 0.442. The zero-order chi connectivity index (χ0) is 10.2. The Hall–Kier alpha value is -2.02. The fourth-order valence-electron chi connectivity index (χ4n) is 0.854. The maximum absolute atomic E-state index is 9.34. The quantitative estimate of drug-likeness (QED) is 0.414. The lowest BCUT2D eigenvalue weighted by molar-refractivity contribution is 0.560. The first-order chi connectivity index (χ1) is 6.88. The van der Waals surface area contributed by atoms with E-state index in [0.29, 0.717) is 0 Å². The van der Waals surface area contributed by atoms with Gasteiger partial charge in [0, 0.05) is 0 Å². The number of carbonyl (C=O) groups excluding carboxylic acids is 2. The van der Waals surface area contributed by atoms with Gasteiger partial charge < -0.3 is 0 Å². The Morgan fingerprint density at radius 3 is 1.36 bits per heavy atom. The summed E-state index contributed by atoms with van der Waals surface area (Å²) in [5, 5.41) is 0. The van der Waals surface area contributed by atoms with Crippen molar-refractivity contribution in [2.45, 2.75) is 0 Å². The first-order valence-electron chi connectivity index (χ1n) is 4.06. The van der Waals surface area contributed by atoms with E-state index < -0.39 is 0 Å². The molecule has 0 aromatic rings. The Balaban J connectivity index is 0.000000143. The minimum atomic E-state index is 0.221. The highest BCUT2D eigenvalue weighted by Crippen LogP contribution is 2.29. The van der Waals surface area contributed by atoms with Crippen LogP contribution in [0.25, 0.3) is 11.1 Å². The highest BCUT2D eigenvalue weighted by atomic mass is 16.1. The standard InChI is InChI=1S/C6H4.C4H4N2O2/c1-2-6-4-3-5(1)6;7-3-5-1-2-6-4-8/h1-4H;1-2H2. The molecule has 2 aliphatic rings. The van der Waals surface area contributed by atoms with E-state index in [2.05, 4.69) is 34.3 Å². The van der Waals surface area contributed by atoms with Gasteiger partial charge in [-0.3, -0.25) is 0 Å². The molecule has 2 aliphatic carbocycles. The van der Waals surface area contributed by atoms with Crippen LogP contribution in [0.2, 0.25) is 0 Å². The van der Waals surface area contributed by atoms with Gasteiger partial charge in [-0.15, -0.1) is 0 Å². The lowest BCUT2D eigenvalue weighted by Crippen LogP contribution is -1.85. The molecule has 70 valence electrons. The third-order valence-electron chi connectivity index (χ3n) is 1.67. The lowest BCUT2D eigenvalue weighted by Gasteiger charge is -2.10. The van der Waals surface area contributed by atoms with Crippen LogP contribution in [0.4, 0.5) is 0 Å². The number of hydrogen-bond acceptors (Lipinski definition) is 4. The second-order valence-corrected chi connectivity index (χ2v) is 2.52. The van der Waals surface area contributed by atoms with E-state index in [9.17, 15) is 9.59 Å². The number of aliphatic imine (C=N–C) groups is 2. The number of fused-ring (bicyclic) bond motifs is 1. The molecule has 0 bridgehead atoms. The van der Waals surface area contributed by atoms with Crippen LogP contribution in [0.3, 0.4) is 0 Å². The summed E-state index contributed by atoms with van der Waals surface area (Å²) in [5.41, 5.74) is 2.85. The van der Waals surface area contributed by atoms with Gasteiger partial charge in [0.15, 0.2) is 0 Å². The Bertz CT molecular complexity index is 346. The van der Waals surface area contributed by atoms with Crippen molar-refractivity contribution in [3.63, 3.8) is 0 Å². The lowest BCUT2D eigenvalue weighted by atomic mass is 9.95. The minimum Gasteiger partial charge on any atom is -0.211 e. The predicted octanol–water partition coefficient (Wildman–Crippen LogP) is 1.32. The van der Waals surface area contributed by atoms with E-state index in [1.54, 1.807) is 0 Å². The Labute approximate surface area is 81.0 Å². The van der Waals surface area contributed by atoms with Crippen molar-refractivity contribution in [2.24, 2.45) is 9.98 Å². The zero-order valence-electron chi connectivity index (χ0n) is 7.43. The van der Waals surface area contributed by atoms with E-state index in [-0.39, 0.29) is 13.1 Å². The third-order valence-corrected chi connectivity index (χ3v) is 1.67. The van der Waals surface area contributed by atoms with Crippen molar-refractivity contribution in [1.29, 1.82) is 0 Å². The monoisotopic (exact) mass is 188 g/mol. The maximum atomic E-state index is 9.34. The van der Waals surface area contributed by atoms with Gasteiger partial charge in [-0.2, -0.15) is 0 Å². The molecule has 0 radical (unpaired) electrons. The van der Waals surface area contributed by atoms with Gasteiger partial charge in [-0.05, 0) is 11.1 Å². The van der Waals surface area contributed by atoms with Crippen molar-refractivity contribution < 1.29 is 9.59 Å². The Morgan fingerprint density at radius 1 is 0.857 bits per heavy atom. The smallest absolute Gasteiger partial charge is 0.211 e. The van der Waals surface area contributed by atoms with Gasteiger partial charge in [-0.25, -0.2) is 19.6 Å². The molecule has 0 saturated heterocycles. The molecule has 0 saturated carbocycles.